The van der Waals surface area contributed by atoms with Gasteiger partial charge in [0.2, 0.25) is 5.91 Å². The normalized spacial score (nSPS) is 18.6. The number of carbonyl (C=O) groups is 1. The summed E-state index contributed by atoms with van der Waals surface area (Å²) < 4.78 is 14.7. The van der Waals surface area contributed by atoms with Gasteiger partial charge in [0.15, 0.2) is 11.3 Å². The molecule has 0 aliphatic carbocycles. The van der Waals surface area contributed by atoms with Crippen molar-refractivity contribution in [1.82, 2.24) is 24.5 Å². The van der Waals surface area contributed by atoms with Crippen LogP contribution in [0.3, 0.4) is 0 Å². The van der Waals surface area contributed by atoms with E-state index in [4.69, 9.17) is 9.47 Å². The molecule has 9 nitrogen and oxygen atoms in total. The van der Waals surface area contributed by atoms with E-state index in [0.717, 1.165) is 22.3 Å². The summed E-state index contributed by atoms with van der Waals surface area (Å²) >= 11 is 0. The van der Waals surface area contributed by atoms with Crippen molar-refractivity contribution in [3.05, 3.63) is 51.6 Å². The first-order valence-corrected chi connectivity index (χ1v) is 12.0. The Bertz CT molecular complexity index is 1280. The number of aromatic nitrogens is 4. The molecule has 3 aromatic rings. The number of hydrogen-bond acceptors (Lipinski definition) is 6. The number of amides is 1. The van der Waals surface area contributed by atoms with Crippen molar-refractivity contribution in [3.63, 3.8) is 0 Å². The van der Waals surface area contributed by atoms with Gasteiger partial charge in [-0.2, -0.15) is 10.2 Å². The minimum absolute atomic E-state index is 0.0987. The summed E-state index contributed by atoms with van der Waals surface area (Å²) in [6.07, 6.45) is 1.73. The first kappa shape index (κ1) is 22.7. The SMILES string of the molecule is CC[C@@H](C(=O)N1CCC2(CC1)OCCO2)n1nc(C)c2c(C)n(-c3ccc(C)cc3)nc2c1=O. The van der Waals surface area contributed by atoms with Gasteiger partial charge in [-0.3, -0.25) is 9.59 Å². The number of carbonyl (C=O) groups excluding carboxylic acids is 1. The summed E-state index contributed by atoms with van der Waals surface area (Å²) in [6, 6.07) is 7.31. The molecule has 1 amide bonds. The van der Waals surface area contributed by atoms with Crippen molar-refractivity contribution in [2.24, 2.45) is 0 Å². The highest BCUT2D eigenvalue weighted by atomic mass is 16.7. The molecule has 0 unspecified atom stereocenters. The van der Waals surface area contributed by atoms with Gasteiger partial charge in [-0.15, -0.1) is 0 Å². The molecule has 2 saturated heterocycles. The molecular weight excluding hydrogens is 434 g/mol. The molecule has 34 heavy (non-hydrogen) atoms. The van der Waals surface area contributed by atoms with Crippen LogP contribution in [0.25, 0.3) is 16.6 Å². The van der Waals surface area contributed by atoms with Crippen LogP contribution < -0.4 is 5.56 Å². The van der Waals surface area contributed by atoms with Crippen molar-refractivity contribution in [2.75, 3.05) is 26.3 Å². The lowest BCUT2D eigenvalue weighted by molar-refractivity contribution is -0.188. The van der Waals surface area contributed by atoms with E-state index in [1.165, 1.54) is 4.68 Å². The van der Waals surface area contributed by atoms with Gasteiger partial charge in [0.25, 0.3) is 5.56 Å². The number of piperidine rings is 1. The van der Waals surface area contributed by atoms with E-state index < -0.39 is 11.8 Å². The van der Waals surface area contributed by atoms with Crippen molar-refractivity contribution < 1.29 is 14.3 Å². The highest BCUT2D eigenvalue weighted by Crippen LogP contribution is 2.32. The molecule has 2 aliphatic rings. The average molecular weight is 466 g/mol. The summed E-state index contributed by atoms with van der Waals surface area (Å²) in [5, 5.41) is 9.99. The van der Waals surface area contributed by atoms with E-state index in [0.29, 0.717) is 56.8 Å². The molecule has 180 valence electrons. The lowest BCUT2D eigenvalue weighted by atomic mass is 10.0. The third-order valence-electron chi connectivity index (χ3n) is 7.04. The van der Waals surface area contributed by atoms with Gasteiger partial charge in [-0.05, 0) is 39.3 Å². The molecule has 4 heterocycles. The first-order chi connectivity index (χ1) is 16.3. The highest BCUT2D eigenvalue weighted by molar-refractivity contribution is 5.84. The molecule has 0 N–H and O–H groups in total. The molecule has 1 spiro atoms. The maximum absolute atomic E-state index is 13.5. The lowest BCUT2D eigenvalue weighted by Gasteiger charge is -2.38. The zero-order valence-electron chi connectivity index (χ0n) is 20.2. The third-order valence-corrected chi connectivity index (χ3v) is 7.04. The number of benzene rings is 1. The zero-order valence-corrected chi connectivity index (χ0v) is 20.2. The maximum Gasteiger partial charge on any atom is 0.295 e. The molecule has 0 saturated carbocycles. The fraction of sp³-hybridized carbons (Fsp3) is 0.520. The van der Waals surface area contributed by atoms with Crippen molar-refractivity contribution in [3.8, 4) is 5.69 Å². The molecule has 2 aliphatic heterocycles. The van der Waals surface area contributed by atoms with Crippen LogP contribution in [0.15, 0.2) is 29.1 Å². The zero-order chi connectivity index (χ0) is 24.0. The Labute approximate surface area is 198 Å². The van der Waals surface area contributed by atoms with E-state index in [9.17, 15) is 9.59 Å². The fourth-order valence-corrected chi connectivity index (χ4v) is 5.12. The number of hydrogen-bond donors (Lipinski definition) is 0. The monoisotopic (exact) mass is 465 g/mol. The second-order valence-corrected chi connectivity index (χ2v) is 9.25. The topological polar surface area (TPSA) is 91.5 Å². The quantitative estimate of drug-likeness (QED) is 0.589. The minimum atomic E-state index is -0.681. The molecule has 1 atom stereocenters. The first-order valence-electron chi connectivity index (χ1n) is 12.0. The largest absolute Gasteiger partial charge is 0.347 e. The van der Waals surface area contributed by atoms with Gasteiger partial charge in [0.1, 0.15) is 6.04 Å². The third kappa shape index (κ3) is 3.73. The Kier molecular flexibility index (Phi) is 5.77. The number of nitrogens with zero attached hydrogens (tertiary/aromatic N) is 5. The predicted octanol–water partition coefficient (Wildman–Crippen LogP) is 2.82. The summed E-state index contributed by atoms with van der Waals surface area (Å²) in [5.74, 6) is -0.651. The van der Waals surface area contributed by atoms with Crippen LogP contribution in [0.2, 0.25) is 0 Å². The fourth-order valence-electron chi connectivity index (χ4n) is 5.12. The summed E-state index contributed by atoms with van der Waals surface area (Å²) in [4.78, 5) is 28.8. The molecule has 2 fully saturated rings. The second kappa shape index (κ2) is 8.63. The van der Waals surface area contributed by atoms with Crippen LogP contribution in [-0.2, 0) is 14.3 Å². The van der Waals surface area contributed by atoms with Crippen molar-refractivity contribution >= 4 is 16.8 Å². The highest BCUT2D eigenvalue weighted by Gasteiger charge is 2.42. The number of rotatable bonds is 4. The smallest absolute Gasteiger partial charge is 0.295 e. The minimum Gasteiger partial charge on any atom is -0.347 e. The Morgan fingerprint density at radius 2 is 1.71 bits per heavy atom. The number of ether oxygens (including phenoxy) is 2. The van der Waals surface area contributed by atoms with Gasteiger partial charge in [-0.1, -0.05) is 24.6 Å². The standard InChI is InChI=1S/C25H31N5O4/c1-5-20(23(31)28-12-10-25(11-13-28)33-14-15-34-25)30-24(32)22-21(17(3)26-30)18(4)29(27-22)19-8-6-16(2)7-9-19/h6-9,20H,5,10-15H2,1-4H3/t20-/m0/s1. The Balaban J connectivity index is 1.48. The number of fused-ring (bicyclic) bond motifs is 1. The van der Waals surface area contributed by atoms with Crippen LogP contribution in [0.5, 0.6) is 0 Å². The molecular formula is C25H31N5O4. The van der Waals surface area contributed by atoms with Crippen molar-refractivity contribution in [2.45, 2.75) is 58.8 Å². The van der Waals surface area contributed by atoms with Gasteiger partial charge in [0, 0.05) is 25.9 Å². The van der Waals surface area contributed by atoms with Crippen LogP contribution in [0, 0.1) is 20.8 Å². The van der Waals surface area contributed by atoms with Crippen LogP contribution >= 0.6 is 0 Å². The summed E-state index contributed by atoms with van der Waals surface area (Å²) in [6.45, 7) is 9.99. The molecule has 0 bridgehead atoms. The molecule has 0 radical (unpaired) electrons. The summed E-state index contributed by atoms with van der Waals surface area (Å²) in [7, 11) is 0. The lowest BCUT2D eigenvalue weighted by Crippen LogP contribution is -2.50. The Morgan fingerprint density at radius 3 is 2.32 bits per heavy atom. The van der Waals surface area contributed by atoms with Crippen LogP contribution in [0.1, 0.15) is 49.2 Å². The maximum atomic E-state index is 13.5. The molecule has 9 heteroatoms. The second-order valence-electron chi connectivity index (χ2n) is 9.25. The number of aryl methyl sites for hydroxylation is 3. The predicted molar refractivity (Wildman–Crippen MR) is 127 cm³/mol. The van der Waals surface area contributed by atoms with E-state index in [2.05, 4.69) is 10.2 Å². The van der Waals surface area contributed by atoms with Crippen molar-refractivity contribution in [1.29, 1.82) is 0 Å². The van der Waals surface area contributed by atoms with E-state index >= 15 is 0 Å². The Hall–Kier alpha value is -3.04. The van der Waals surface area contributed by atoms with Crippen LogP contribution in [-0.4, -0.2) is 62.5 Å². The van der Waals surface area contributed by atoms with E-state index in [1.807, 2.05) is 52.0 Å². The van der Waals surface area contributed by atoms with E-state index in [1.54, 1.807) is 9.58 Å². The van der Waals surface area contributed by atoms with Gasteiger partial charge < -0.3 is 14.4 Å². The van der Waals surface area contributed by atoms with Gasteiger partial charge >= 0.3 is 0 Å². The van der Waals surface area contributed by atoms with Gasteiger partial charge in [-0.25, -0.2) is 9.36 Å². The van der Waals surface area contributed by atoms with Crippen LogP contribution in [0.4, 0.5) is 0 Å². The number of likely N-dealkylation sites (tertiary alicyclic amines) is 1. The Morgan fingerprint density at radius 1 is 1.06 bits per heavy atom. The average Bonchev–Trinajstić information content (AvgIpc) is 3.43. The summed E-state index contributed by atoms with van der Waals surface area (Å²) in [5.41, 5.74) is 3.56. The molecule has 2 aromatic heterocycles. The van der Waals surface area contributed by atoms with Gasteiger partial charge in [0.05, 0.1) is 35.7 Å². The molecule has 1 aromatic carbocycles. The van der Waals surface area contributed by atoms with E-state index in [-0.39, 0.29) is 11.5 Å². The molecule has 5 rings (SSSR count).